The lowest BCUT2D eigenvalue weighted by molar-refractivity contribution is -0.115. The van der Waals surface area contributed by atoms with Gasteiger partial charge in [0.1, 0.15) is 12.1 Å². The number of carbonyl (C=O) groups is 1. The summed E-state index contributed by atoms with van der Waals surface area (Å²) in [6.07, 6.45) is 1.65. The van der Waals surface area contributed by atoms with E-state index in [0.29, 0.717) is 16.7 Å². The minimum absolute atomic E-state index is 0.173. The second-order valence-corrected chi connectivity index (χ2v) is 6.65. The molecule has 1 aromatic carbocycles. The molecule has 0 unspecified atom stereocenters. The van der Waals surface area contributed by atoms with Gasteiger partial charge in [0.2, 0.25) is 5.91 Å². The first-order valence-corrected chi connectivity index (χ1v) is 8.29. The molecule has 7 nitrogen and oxygen atoms in total. The molecule has 0 aliphatic carbocycles. The van der Waals surface area contributed by atoms with Gasteiger partial charge < -0.3 is 9.84 Å². The Bertz CT molecular complexity index is 858. The second-order valence-electron chi connectivity index (χ2n) is 5.34. The fourth-order valence-electron chi connectivity index (χ4n) is 2.17. The Kier molecular flexibility index (Phi) is 4.66. The van der Waals surface area contributed by atoms with Gasteiger partial charge in [0.05, 0.1) is 10.9 Å². The summed E-state index contributed by atoms with van der Waals surface area (Å²) >= 11 is 1.33. The minimum atomic E-state index is -0.367. The third-order valence-electron chi connectivity index (χ3n) is 3.42. The van der Waals surface area contributed by atoms with E-state index in [0.717, 1.165) is 11.3 Å². The summed E-state index contributed by atoms with van der Waals surface area (Å²) in [4.78, 5) is 12.3. The molecule has 0 saturated heterocycles. The lowest BCUT2D eigenvalue weighted by Crippen LogP contribution is -2.23. The van der Waals surface area contributed by atoms with Gasteiger partial charge >= 0.3 is 0 Å². The Labute approximate surface area is 143 Å². The highest BCUT2D eigenvalue weighted by Crippen LogP contribution is 2.25. The molecule has 124 valence electrons. The van der Waals surface area contributed by atoms with Crippen LogP contribution < -0.4 is 5.32 Å². The van der Waals surface area contributed by atoms with Crippen LogP contribution in [0.15, 0.2) is 46.3 Å². The zero-order valence-electron chi connectivity index (χ0n) is 13.6. The van der Waals surface area contributed by atoms with Crippen LogP contribution in [0.1, 0.15) is 18.2 Å². The first-order chi connectivity index (χ1) is 11.5. The van der Waals surface area contributed by atoms with Gasteiger partial charge in [0.25, 0.3) is 0 Å². The van der Waals surface area contributed by atoms with Gasteiger partial charge in [-0.3, -0.25) is 9.36 Å². The lowest BCUT2D eigenvalue weighted by Gasteiger charge is -2.12. The molecule has 3 aromatic rings. The lowest BCUT2D eigenvalue weighted by atomic mass is 10.2. The van der Waals surface area contributed by atoms with E-state index in [-0.39, 0.29) is 11.2 Å². The Morgan fingerprint density at radius 3 is 2.83 bits per heavy atom. The van der Waals surface area contributed by atoms with Crippen LogP contribution in [-0.2, 0) is 4.79 Å². The van der Waals surface area contributed by atoms with E-state index in [2.05, 4.69) is 20.7 Å². The molecule has 3 rings (SSSR count). The van der Waals surface area contributed by atoms with Crippen molar-refractivity contribution in [2.45, 2.75) is 31.2 Å². The van der Waals surface area contributed by atoms with E-state index in [1.165, 1.54) is 11.8 Å². The monoisotopic (exact) mass is 343 g/mol. The molecular formula is C16H17N5O2S. The van der Waals surface area contributed by atoms with E-state index in [4.69, 9.17) is 4.52 Å². The smallest absolute Gasteiger partial charge is 0.238 e. The summed E-state index contributed by atoms with van der Waals surface area (Å²) in [6, 6.07) is 9.62. The van der Waals surface area contributed by atoms with Gasteiger partial charge in [-0.25, -0.2) is 0 Å². The van der Waals surface area contributed by atoms with Gasteiger partial charge in [-0.2, -0.15) is 0 Å². The van der Waals surface area contributed by atoms with Crippen molar-refractivity contribution in [3.05, 3.63) is 48.0 Å². The molecule has 0 fully saturated rings. The van der Waals surface area contributed by atoms with Crippen molar-refractivity contribution >= 4 is 23.5 Å². The van der Waals surface area contributed by atoms with Gasteiger partial charge in [-0.15, -0.1) is 10.2 Å². The largest absolute Gasteiger partial charge is 0.360 e. The van der Waals surface area contributed by atoms with Gasteiger partial charge in [-0.05, 0) is 32.4 Å². The Balaban J connectivity index is 1.73. The molecule has 2 heterocycles. The summed E-state index contributed by atoms with van der Waals surface area (Å²) in [5.74, 6) is 0.878. The number of aromatic nitrogens is 4. The molecule has 0 aliphatic heterocycles. The molecule has 2 aromatic heterocycles. The highest BCUT2D eigenvalue weighted by atomic mass is 32.2. The predicted octanol–water partition coefficient (Wildman–Crippen LogP) is 2.99. The summed E-state index contributed by atoms with van der Waals surface area (Å²) in [7, 11) is 0. The van der Waals surface area contributed by atoms with Crippen molar-refractivity contribution in [2.75, 3.05) is 5.32 Å². The number of anilines is 1. The molecule has 0 saturated carbocycles. The minimum Gasteiger partial charge on any atom is -0.360 e. The molecule has 1 atom stereocenters. The number of para-hydroxylation sites is 1. The Hall–Kier alpha value is -2.61. The van der Waals surface area contributed by atoms with Crippen molar-refractivity contribution in [3.8, 4) is 5.69 Å². The number of nitrogens with one attached hydrogen (secondary N) is 1. The van der Waals surface area contributed by atoms with Crippen LogP contribution in [0.2, 0.25) is 0 Å². The second kappa shape index (κ2) is 6.88. The fraction of sp³-hybridized carbons (Fsp3) is 0.250. The summed E-state index contributed by atoms with van der Waals surface area (Å²) < 4.78 is 6.82. The van der Waals surface area contributed by atoms with Crippen LogP contribution in [0.3, 0.4) is 0 Å². The van der Waals surface area contributed by atoms with Crippen molar-refractivity contribution in [2.24, 2.45) is 0 Å². The zero-order chi connectivity index (χ0) is 17.1. The topological polar surface area (TPSA) is 85.8 Å². The average Bonchev–Trinajstić information content (AvgIpc) is 3.17. The molecule has 0 radical (unpaired) electrons. The summed E-state index contributed by atoms with van der Waals surface area (Å²) in [6.45, 7) is 5.60. The van der Waals surface area contributed by atoms with E-state index < -0.39 is 0 Å². The number of benzene rings is 1. The zero-order valence-corrected chi connectivity index (χ0v) is 14.4. The third-order valence-corrected chi connectivity index (χ3v) is 4.48. The van der Waals surface area contributed by atoms with Crippen LogP contribution in [0, 0.1) is 13.8 Å². The van der Waals surface area contributed by atoms with E-state index in [1.807, 2.05) is 42.7 Å². The fourth-order valence-corrected chi connectivity index (χ4v) is 3.00. The Morgan fingerprint density at radius 2 is 2.12 bits per heavy atom. The quantitative estimate of drug-likeness (QED) is 0.717. The van der Waals surface area contributed by atoms with Crippen LogP contribution >= 0.6 is 11.8 Å². The maximum Gasteiger partial charge on any atom is 0.238 e. The van der Waals surface area contributed by atoms with Crippen molar-refractivity contribution in [1.82, 2.24) is 19.9 Å². The van der Waals surface area contributed by atoms with Crippen molar-refractivity contribution in [1.29, 1.82) is 0 Å². The number of hydrogen-bond acceptors (Lipinski definition) is 6. The van der Waals surface area contributed by atoms with Crippen LogP contribution in [0.4, 0.5) is 5.82 Å². The number of nitrogens with zero attached hydrogens (tertiary/aromatic N) is 4. The Morgan fingerprint density at radius 1 is 1.33 bits per heavy atom. The molecule has 0 aliphatic rings. The van der Waals surface area contributed by atoms with Crippen molar-refractivity contribution in [3.63, 3.8) is 0 Å². The predicted molar refractivity (Wildman–Crippen MR) is 91.3 cm³/mol. The average molecular weight is 343 g/mol. The van der Waals surface area contributed by atoms with E-state index in [1.54, 1.807) is 19.3 Å². The van der Waals surface area contributed by atoms with Gasteiger partial charge in [0, 0.05) is 6.07 Å². The number of thioether (sulfide) groups is 1. The van der Waals surface area contributed by atoms with Crippen LogP contribution in [0.5, 0.6) is 0 Å². The molecule has 1 amide bonds. The molecular weight excluding hydrogens is 326 g/mol. The number of aryl methyl sites for hydroxylation is 2. The van der Waals surface area contributed by atoms with Crippen molar-refractivity contribution < 1.29 is 9.32 Å². The highest BCUT2D eigenvalue weighted by molar-refractivity contribution is 8.00. The number of carbonyl (C=O) groups excluding carboxylic acids is 1. The van der Waals surface area contributed by atoms with Crippen LogP contribution in [0.25, 0.3) is 5.69 Å². The van der Waals surface area contributed by atoms with Gasteiger partial charge in [0.15, 0.2) is 11.0 Å². The van der Waals surface area contributed by atoms with Gasteiger partial charge in [-0.1, -0.05) is 35.1 Å². The van der Waals surface area contributed by atoms with Crippen LogP contribution in [-0.4, -0.2) is 31.1 Å². The maximum absolute atomic E-state index is 12.3. The molecule has 1 N–H and O–H groups in total. The molecule has 0 spiro atoms. The molecule has 0 bridgehead atoms. The standard InChI is InChI=1S/C16H17N5O2S/c1-10-6-4-5-7-13(10)21-9-17-19-16(21)24-12(3)15(22)18-14-8-11(2)23-20-14/h4-9,12H,1-3H3,(H,18,20,22)/t12-/m1/s1. The van der Waals surface area contributed by atoms with E-state index in [9.17, 15) is 4.79 Å². The summed E-state index contributed by atoms with van der Waals surface area (Å²) in [5, 5.41) is 14.9. The molecule has 24 heavy (non-hydrogen) atoms. The first kappa shape index (κ1) is 16.3. The maximum atomic E-state index is 12.3. The molecule has 8 heteroatoms. The first-order valence-electron chi connectivity index (χ1n) is 7.41. The number of rotatable bonds is 5. The highest BCUT2D eigenvalue weighted by Gasteiger charge is 2.20. The van der Waals surface area contributed by atoms with E-state index >= 15 is 0 Å². The number of amides is 1. The number of hydrogen-bond donors (Lipinski definition) is 1. The normalized spacial score (nSPS) is 12.1. The third kappa shape index (κ3) is 3.48. The SMILES string of the molecule is Cc1cc(NC(=O)[C@@H](C)Sc2nncn2-c2ccccc2C)no1. The summed E-state index contributed by atoms with van der Waals surface area (Å²) in [5.41, 5.74) is 2.10.